The number of halogens is 2. The molecule has 1 aliphatic rings. The van der Waals surface area contributed by atoms with E-state index in [1.807, 2.05) is 0 Å². The van der Waals surface area contributed by atoms with Crippen molar-refractivity contribution in [1.29, 1.82) is 0 Å². The number of ether oxygens (including phenoxy) is 2. The number of benzene rings is 1. The third-order valence-corrected chi connectivity index (χ3v) is 4.26. The van der Waals surface area contributed by atoms with Gasteiger partial charge in [0, 0.05) is 30.0 Å². The van der Waals surface area contributed by atoms with E-state index < -0.39 is 23.4 Å². The van der Waals surface area contributed by atoms with Crippen LogP contribution in [0.1, 0.15) is 58.1 Å². The van der Waals surface area contributed by atoms with Crippen LogP contribution in [0.3, 0.4) is 0 Å². The number of nitrogens with zero attached hydrogens (tertiary/aromatic N) is 1. The van der Waals surface area contributed by atoms with Gasteiger partial charge < -0.3 is 14.8 Å². The van der Waals surface area contributed by atoms with Crippen LogP contribution in [0.25, 0.3) is 0 Å². The van der Waals surface area contributed by atoms with E-state index in [9.17, 15) is 14.0 Å². The van der Waals surface area contributed by atoms with Gasteiger partial charge in [-0.3, -0.25) is 4.79 Å². The van der Waals surface area contributed by atoms with Gasteiger partial charge in [-0.2, -0.15) is 5.10 Å². The lowest BCUT2D eigenvalue weighted by Crippen LogP contribution is -2.30. The van der Waals surface area contributed by atoms with Gasteiger partial charge in [0.2, 0.25) is 5.91 Å². The molecule has 1 aromatic carbocycles. The Morgan fingerprint density at radius 2 is 2.14 bits per heavy atom. The van der Waals surface area contributed by atoms with Gasteiger partial charge >= 0.3 is 6.09 Å². The second-order valence-electron chi connectivity index (χ2n) is 7.41. The van der Waals surface area contributed by atoms with Crippen molar-refractivity contribution in [1.82, 2.24) is 10.7 Å². The summed E-state index contributed by atoms with van der Waals surface area (Å²) >= 11 is 6.10. The van der Waals surface area contributed by atoms with Crippen molar-refractivity contribution in [2.24, 2.45) is 5.10 Å². The molecule has 2 N–H and O–H groups in total. The van der Waals surface area contributed by atoms with Gasteiger partial charge in [0.15, 0.2) is 0 Å². The summed E-state index contributed by atoms with van der Waals surface area (Å²) in [5, 5.41) is 6.60. The van der Waals surface area contributed by atoms with E-state index in [1.165, 1.54) is 6.07 Å². The van der Waals surface area contributed by atoms with E-state index in [0.717, 1.165) is 0 Å². The minimum Gasteiger partial charge on any atom is -0.493 e. The summed E-state index contributed by atoms with van der Waals surface area (Å²) < 4.78 is 25.7. The summed E-state index contributed by atoms with van der Waals surface area (Å²) in [4.78, 5) is 23.4. The summed E-state index contributed by atoms with van der Waals surface area (Å²) in [6.45, 7) is 9.18. The Morgan fingerprint density at radius 3 is 2.68 bits per heavy atom. The Hall–Kier alpha value is -2.35. The zero-order valence-electron chi connectivity index (χ0n) is 16.6. The molecular weight excluding hydrogens is 389 g/mol. The molecule has 0 spiro atoms. The molecule has 1 aromatic rings. The van der Waals surface area contributed by atoms with E-state index in [1.54, 1.807) is 34.6 Å². The molecule has 0 bridgehead atoms. The summed E-state index contributed by atoms with van der Waals surface area (Å²) in [6.07, 6.45) is -0.577. The monoisotopic (exact) mass is 413 g/mol. The minimum absolute atomic E-state index is 0.111. The fraction of sp³-hybridized carbons (Fsp3) is 0.526. The molecule has 0 saturated carbocycles. The molecule has 2 rings (SSSR count). The minimum atomic E-state index is -0.719. The summed E-state index contributed by atoms with van der Waals surface area (Å²) in [5.74, 6) is -0.926. The Labute approximate surface area is 168 Å². The number of hydrogen-bond donors (Lipinski definition) is 2. The summed E-state index contributed by atoms with van der Waals surface area (Å²) in [7, 11) is 0. The molecule has 154 valence electrons. The highest BCUT2D eigenvalue weighted by atomic mass is 35.5. The molecule has 0 unspecified atom stereocenters. The summed E-state index contributed by atoms with van der Waals surface area (Å²) in [5.41, 5.74) is 2.65. The van der Waals surface area contributed by atoms with Crippen molar-refractivity contribution in [2.75, 3.05) is 13.2 Å². The standard InChI is InChI=1S/C19H25ClFN3O4/c1-6-27-17-12(10(2)23-24-18(26)28-19(3,4)5)8-13(20)16(21)15(17)11-7-14(25)22-9-11/h8,11H,6-7,9H2,1-5H3,(H,22,25)(H,24,26)/b23-10+/t11-/m0/s1. The van der Waals surface area contributed by atoms with Gasteiger partial charge in [0.05, 0.1) is 17.3 Å². The predicted molar refractivity (Wildman–Crippen MR) is 105 cm³/mol. The maximum absolute atomic E-state index is 14.8. The lowest BCUT2D eigenvalue weighted by molar-refractivity contribution is -0.119. The molecule has 1 saturated heterocycles. The predicted octanol–water partition coefficient (Wildman–Crippen LogP) is 3.73. The number of carbonyl (C=O) groups is 2. The van der Waals surface area contributed by atoms with Gasteiger partial charge in [0.25, 0.3) is 0 Å². The van der Waals surface area contributed by atoms with E-state index in [4.69, 9.17) is 21.1 Å². The molecule has 0 aromatic heterocycles. The Kier molecular flexibility index (Phi) is 6.87. The molecule has 28 heavy (non-hydrogen) atoms. The summed E-state index contributed by atoms with van der Waals surface area (Å²) in [6, 6.07) is 1.39. The first-order chi connectivity index (χ1) is 13.0. The van der Waals surface area contributed by atoms with Crippen molar-refractivity contribution >= 4 is 29.3 Å². The third kappa shape index (κ3) is 5.34. The van der Waals surface area contributed by atoms with Crippen LogP contribution in [0.15, 0.2) is 11.2 Å². The van der Waals surface area contributed by atoms with Crippen molar-refractivity contribution in [2.45, 2.75) is 52.6 Å². The topological polar surface area (TPSA) is 89.0 Å². The molecular formula is C19H25ClFN3O4. The number of carbonyl (C=O) groups excluding carboxylic acids is 2. The Bertz CT molecular complexity index is 805. The molecule has 1 aliphatic heterocycles. The number of hydrogen-bond acceptors (Lipinski definition) is 5. The van der Waals surface area contributed by atoms with Gasteiger partial charge in [-0.15, -0.1) is 0 Å². The molecule has 1 fully saturated rings. The highest BCUT2D eigenvalue weighted by Crippen LogP contribution is 2.39. The zero-order valence-corrected chi connectivity index (χ0v) is 17.4. The first-order valence-corrected chi connectivity index (χ1v) is 9.36. The van der Waals surface area contributed by atoms with Crippen molar-refractivity contribution < 1.29 is 23.5 Å². The van der Waals surface area contributed by atoms with Crippen molar-refractivity contribution in [3.05, 3.63) is 28.0 Å². The third-order valence-electron chi connectivity index (χ3n) is 3.98. The Morgan fingerprint density at radius 1 is 1.46 bits per heavy atom. The smallest absolute Gasteiger partial charge is 0.428 e. The molecule has 1 atom stereocenters. The zero-order chi connectivity index (χ0) is 21.1. The van der Waals surface area contributed by atoms with Gasteiger partial charge in [0.1, 0.15) is 17.2 Å². The molecule has 1 heterocycles. The van der Waals surface area contributed by atoms with Crippen LogP contribution in [-0.4, -0.2) is 36.5 Å². The maximum atomic E-state index is 14.8. The number of nitrogens with one attached hydrogen (secondary N) is 2. The van der Waals surface area contributed by atoms with Crippen molar-refractivity contribution in [3.8, 4) is 5.75 Å². The van der Waals surface area contributed by atoms with E-state index >= 15 is 0 Å². The number of rotatable bonds is 5. The van der Waals surface area contributed by atoms with Crippen LogP contribution < -0.4 is 15.5 Å². The van der Waals surface area contributed by atoms with Gasteiger partial charge in [-0.25, -0.2) is 14.6 Å². The number of hydrazone groups is 1. The van der Waals surface area contributed by atoms with Crippen LogP contribution in [0, 0.1) is 5.82 Å². The van der Waals surface area contributed by atoms with Crippen molar-refractivity contribution in [3.63, 3.8) is 0 Å². The van der Waals surface area contributed by atoms with E-state index in [2.05, 4.69) is 15.8 Å². The van der Waals surface area contributed by atoms with Crippen LogP contribution in [0.2, 0.25) is 5.02 Å². The SMILES string of the molecule is CCOc1c(/C(C)=N/NC(=O)OC(C)(C)C)cc(Cl)c(F)c1[C@@H]1CNC(=O)C1. The van der Waals surface area contributed by atoms with Crippen LogP contribution in [-0.2, 0) is 9.53 Å². The van der Waals surface area contributed by atoms with E-state index in [0.29, 0.717) is 17.8 Å². The normalized spacial score (nSPS) is 17.3. The van der Waals surface area contributed by atoms with Crippen LogP contribution in [0.4, 0.5) is 9.18 Å². The highest BCUT2D eigenvalue weighted by Gasteiger charge is 2.32. The maximum Gasteiger partial charge on any atom is 0.428 e. The fourth-order valence-corrected chi connectivity index (χ4v) is 3.07. The lowest BCUT2D eigenvalue weighted by atomic mass is 9.93. The second-order valence-corrected chi connectivity index (χ2v) is 7.82. The van der Waals surface area contributed by atoms with Gasteiger partial charge in [-0.1, -0.05) is 11.6 Å². The molecule has 2 amide bonds. The lowest BCUT2D eigenvalue weighted by Gasteiger charge is -2.20. The largest absolute Gasteiger partial charge is 0.493 e. The molecule has 0 radical (unpaired) electrons. The molecule has 7 nitrogen and oxygen atoms in total. The first kappa shape index (κ1) is 21.9. The average molecular weight is 414 g/mol. The van der Waals surface area contributed by atoms with Gasteiger partial charge in [-0.05, 0) is 40.7 Å². The first-order valence-electron chi connectivity index (χ1n) is 8.98. The van der Waals surface area contributed by atoms with Crippen LogP contribution >= 0.6 is 11.6 Å². The average Bonchev–Trinajstić information content (AvgIpc) is 3.00. The second kappa shape index (κ2) is 8.77. The molecule has 0 aliphatic carbocycles. The number of amides is 2. The highest BCUT2D eigenvalue weighted by molar-refractivity contribution is 6.31. The van der Waals surface area contributed by atoms with E-state index in [-0.39, 0.29) is 35.3 Å². The quantitative estimate of drug-likeness (QED) is 0.568. The fourth-order valence-electron chi connectivity index (χ4n) is 2.86. The Balaban J connectivity index is 2.42. The van der Waals surface area contributed by atoms with Crippen LogP contribution in [0.5, 0.6) is 5.75 Å². The molecule has 9 heteroatoms.